The van der Waals surface area contributed by atoms with Crippen molar-refractivity contribution >= 4 is 11.8 Å². The Kier molecular flexibility index (Phi) is 3.48. The first-order chi connectivity index (χ1) is 7.62. The lowest BCUT2D eigenvalue weighted by Crippen LogP contribution is -2.64. The van der Waals surface area contributed by atoms with Crippen LogP contribution in [0, 0.1) is 16.7 Å². The van der Waals surface area contributed by atoms with E-state index in [0.717, 1.165) is 38.4 Å². The Labute approximate surface area is 103 Å². The molecule has 90 valence electrons. The van der Waals surface area contributed by atoms with Gasteiger partial charge in [0.1, 0.15) is 5.54 Å². The molecule has 2 aliphatic rings. The van der Waals surface area contributed by atoms with Gasteiger partial charge in [-0.2, -0.15) is 17.0 Å². The van der Waals surface area contributed by atoms with Crippen molar-refractivity contribution in [1.82, 2.24) is 10.2 Å². The van der Waals surface area contributed by atoms with Gasteiger partial charge in [0.05, 0.1) is 6.07 Å². The van der Waals surface area contributed by atoms with Crippen LogP contribution in [0.4, 0.5) is 0 Å². The van der Waals surface area contributed by atoms with Gasteiger partial charge in [0.2, 0.25) is 0 Å². The van der Waals surface area contributed by atoms with Crippen LogP contribution in [0.3, 0.4) is 0 Å². The van der Waals surface area contributed by atoms with Crippen molar-refractivity contribution < 1.29 is 0 Å². The van der Waals surface area contributed by atoms with E-state index in [4.69, 9.17) is 0 Å². The largest absolute Gasteiger partial charge is 0.314 e. The van der Waals surface area contributed by atoms with Crippen molar-refractivity contribution in [3.8, 4) is 6.07 Å². The highest BCUT2D eigenvalue weighted by atomic mass is 32.2. The highest BCUT2D eigenvalue weighted by molar-refractivity contribution is 7.99. The molecule has 0 aromatic heterocycles. The minimum Gasteiger partial charge on any atom is -0.314 e. The van der Waals surface area contributed by atoms with Gasteiger partial charge in [0.25, 0.3) is 0 Å². The molecule has 16 heavy (non-hydrogen) atoms. The summed E-state index contributed by atoms with van der Waals surface area (Å²) in [6.45, 7) is 8.58. The molecule has 2 saturated heterocycles. The molecular formula is C12H21N3S. The van der Waals surface area contributed by atoms with E-state index in [2.05, 4.69) is 30.1 Å². The maximum absolute atomic E-state index is 9.70. The van der Waals surface area contributed by atoms with E-state index < -0.39 is 0 Å². The highest BCUT2D eigenvalue weighted by Gasteiger charge is 2.51. The molecule has 0 amide bonds. The van der Waals surface area contributed by atoms with Crippen molar-refractivity contribution in [2.45, 2.75) is 25.8 Å². The summed E-state index contributed by atoms with van der Waals surface area (Å²) >= 11 is 1.94. The molecule has 1 N–H and O–H groups in total. The SMILES string of the molecule is CC1(C)CCSCC1(C#N)N1CCNCC1. The Hall–Kier alpha value is -0.240. The Morgan fingerprint density at radius 2 is 2.00 bits per heavy atom. The van der Waals surface area contributed by atoms with Crippen molar-refractivity contribution in [1.29, 1.82) is 5.26 Å². The van der Waals surface area contributed by atoms with E-state index in [-0.39, 0.29) is 11.0 Å². The number of nitriles is 1. The number of hydrogen-bond donors (Lipinski definition) is 1. The fraction of sp³-hybridized carbons (Fsp3) is 0.917. The molecule has 2 rings (SSSR count). The van der Waals surface area contributed by atoms with Gasteiger partial charge in [-0.05, 0) is 17.6 Å². The zero-order valence-corrected chi connectivity index (χ0v) is 11.1. The molecule has 0 aromatic carbocycles. The summed E-state index contributed by atoms with van der Waals surface area (Å²) in [7, 11) is 0. The summed E-state index contributed by atoms with van der Waals surface area (Å²) in [5.74, 6) is 2.17. The first-order valence-corrected chi connectivity index (χ1v) is 7.23. The topological polar surface area (TPSA) is 39.1 Å². The first-order valence-electron chi connectivity index (χ1n) is 6.07. The Morgan fingerprint density at radius 3 is 2.56 bits per heavy atom. The van der Waals surface area contributed by atoms with E-state index in [1.165, 1.54) is 5.75 Å². The molecular weight excluding hydrogens is 218 g/mol. The number of nitrogens with one attached hydrogen (secondary N) is 1. The predicted octanol–water partition coefficient (Wildman–Crippen LogP) is 1.32. The second kappa shape index (κ2) is 4.56. The molecule has 2 aliphatic heterocycles. The van der Waals surface area contributed by atoms with E-state index in [9.17, 15) is 5.26 Å². The normalized spacial score (nSPS) is 35.6. The van der Waals surface area contributed by atoms with Gasteiger partial charge in [-0.25, -0.2) is 0 Å². The van der Waals surface area contributed by atoms with E-state index in [1.54, 1.807) is 0 Å². The summed E-state index contributed by atoms with van der Waals surface area (Å²) < 4.78 is 0. The van der Waals surface area contributed by atoms with Crippen molar-refractivity contribution in [3.05, 3.63) is 0 Å². The molecule has 2 fully saturated rings. The molecule has 2 heterocycles. The molecule has 0 aliphatic carbocycles. The molecule has 0 radical (unpaired) electrons. The maximum Gasteiger partial charge on any atom is 0.123 e. The van der Waals surface area contributed by atoms with Crippen LogP contribution in [0.2, 0.25) is 0 Å². The van der Waals surface area contributed by atoms with Crippen LogP contribution >= 0.6 is 11.8 Å². The van der Waals surface area contributed by atoms with Crippen LogP contribution in [0.15, 0.2) is 0 Å². The van der Waals surface area contributed by atoms with Gasteiger partial charge < -0.3 is 5.32 Å². The summed E-state index contributed by atoms with van der Waals surface area (Å²) in [6, 6.07) is 2.65. The smallest absolute Gasteiger partial charge is 0.123 e. The van der Waals surface area contributed by atoms with Crippen molar-refractivity contribution in [2.75, 3.05) is 37.7 Å². The van der Waals surface area contributed by atoms with Gasteiger partial charge in [-0.1, -0.05) is 13.8 Å². The van der Waals surface area contributed by atoms with Gasteiger partial charge in [0.15, 0.2) is 0 Å². The number of nitrogens with zero attached hydrogens (tertiary/aromatic N) is 2. The van der Waals surface area contributed by atoms with Crippen LogP contribution in [-0.4, -0.2) is 48.1 Å². The average molecular weight is 239 g/mol. The number of thioether (sulfide) groups is 1. The Morgan fingerprint density at radius 1 is 1.31 bits per heavy atom. The average Bonchev–Trinajstić information content (AvgIpc) is 2.30. The first kappa shape index (κ1) is 12.2. The third-order valence-corrected chi connectivity index (χ3v) is 5.26. The molecule has 3 nitrogen and oxygen atoms in total. The van der Waals surface area contributed by atoms with Crippen LogP contribution in [0.5, 0.6) is 0 Å². The van der Waals surface area contributed by atoms with Gasteiger partial charge >= 0.3 is 0 Å². The summed E-state index contributed by atoms with van der Waals surface area (Å²) in [6.07, 6.45) is 1.15. The van der Waals surface area contributed by atoms with E-state index >= 15 is 0 Å². The third-order valence-electron chi connectivity index (χ3n) is 4.14. The second-order valence-electron chi connectivity index (χ2n) is 5.40. The van der Waals surface area contributed by atoms with Crippen LogP contribution in [0.1, 0.15) is 20.3 Å². The standard InChI is InChI=1S/C12H21N3S/c1-11(2)3-8-16-10-12(11,9-13)15-6-4-14-5-7-15/h14H,3-8,10H2,1-2H3. The molecule has 0 saturated carbocycles. The van der Waals surface area contributed by atoms with Crippen LogP contribution < -0.4 is 5.32 Å². The fourth-order valence-electron chi connectivity index (χ4n) is 2.77. The molecule has 1 unspecified atom stereocenters. The van der Waals surface area contributed by atoms with Crippen molar-refractivity contribution in [2.24, 2.45) is 5.41 Å². The van der Waals surface area contributed by atoms with E-state index in [0.29, 0.717) is 0 Å². The summed E-state index contributed by atoms with van der Waals surface area (Å²) in [5.41, 5.74) is -0.137. The number of rotatable bonds is 1. The summed E-state index contributed by atoms with van der Waals surface area (Å²) in [5, 5.41) is 13.1. The zero-order chi connectivity index (χ0) is 11.6. The van der Waals surface area contributed by atoms with E-state index in [1.807, 2.05) is 11.8 Å². The van der Waals surface area contributed by atoms with Gasteiger partial charge in [0, 0.05) is 31.9 Å². The van der Waals surface area contributed by atoms with Crippen LogP contribution in [0.25, 0.3) is 0 Å². The lowest BCUT2D eigenvalue weighted by molar-refractivity contribution is 0.0307. The maximum atomic E-state index is 9.70. The quantitative estimate of drug-likeness (QED) is 0.749. The van der Waals surface area contributed by atoms with Gasteiger partial charge in [-0.3, -0.25) is 4.90 Å². The number of piperazine rings is 1. The molecule has 1 atom stereocenters. The predicted molar refractivity (Wildman–Crippen MR) is 68.5 cm³/mol. The minimum atomic E-state index is -0.252. The molecule has 0 spiro atoms. The minimum absolute atomic E-state index is 0.115. The zero-order valence-electron chi connectivity index (χ0n) is 10.3. The van der Waals surface area contributed by atoms with Gasteiger partial charge in [-0.15, -0.1) is 0 Å². The lowest BCUT2D eigenvalue weighted by Gasteiger charge is -2.52. The third kappa shape index (κ3) is 1.85. The van der Waals surface area contributed by atoms with Crippen molar-refractivity contribution in [3.63, 3.8) is 0 Å². The Bertz CT molecular complexity index is 291. The molecule has 0 bridgehead atoms. The highest BCUT2D eigenvalue weighted by Crippen LogP contribution is 2.45. The second-order valence-corrected chi connectivity index (χ2v) is 6.50. The molecule has 0 aromatic rings. The number of hydrogen-bond acceptors (Lipinski definition) is 4. The molecule has 4 heteroatoms. The fourth-order valence-corrected chi connectivity index (χ4v) is 4.50. The lowest BCUT2D eigenvalue weighted by atomic mass is 9.70. The van der Waals surface area contributed by atoms with Crippen LogP contribution in [-0.2, 0) is 0 Å². The Balaban J connectivity index is 2.25. The summed E-state index contributed by atoms with van der Waals surface area (Å²) in [4.78, 5) is 2.41. The monoisotopic (exact) mass is 239 g/mol.